The fraction of sp³-hybridized carbons (Fsp3) is 0.179. The van der Waals surface area contributed by atoms with E-state index in [0.717, 1.165) is 12.0 Å². The van der Waals surface area contributed by atoms with Crippen LogP contribution >= 0.6 is 23.2 Å². The van der Waals surface area contributed by atoms with Gasteiger partial charge in [0.1, 0.15) is 11.5 Å². The Morgan fingerprint density at radius 1 is 1.05 bits per heavy atom. The minimum absolute atomic E-state index is 0.0918. The van der Waals surface area contributed by atoms with Gasteiger partial charge in [0.15, 0.2) is 0 Å². The second-order valence-corrected chi connectivity index (χ2v) is 9.30. The van der Waals surface area contributed by atoms with Crippen molar-refractivity contribution in [1.82, 2.24) is 0 Å². The molecule has 1 unspecified atom stereocenters. The summed E-state index contributed by atoms with van der Waals surface area (Å²) in [5.41, 5.74) is 2.61. The second-order valence-electron chi connectivity index (χ2n) is 8.46. The maximum atomic E-state index is 13.4. The van der Waals surface area contributed by atoms with Crippen LogP contribution in [0.25, 0.3) is 5.76 Å². The van der Waals surface area contributed by atoms with E-state index in [1.54, 1.807) is 24.3 Å². The number of aliphatic hydroxyl groups is 1. The van der Waals surface area contributed by atoms with Gasteiger partial charge in [-0.25, -0.2) is 0 Å². The van der Waals surface area contributed by atoms with Gasteiger partial charge in [-0.15, -0.1) is 0 Å². The molecule has 0 bridgehead atoms. The molecule has 2 N–H and O–H groups in total. The van der Waals surface area contributed by atoms with Crippen LogP contribution in [0.4, 0.5) is 11.4 Å². The molecule has 0 saturated carbocycles. The van der Waals surface area contributed by atoms with E-state index < -0.39 is 23.5 Å². The molecule has 4 rings (SSSR count). The number of benzene rings is 3. The van der Waals surface area contributed by atoms with Crippen molar-refractivity contribution in [1.29, 1.82) is 0 Å². The molecule has 1 aliphatic rings. The summed E-state index contributed by atoms with van der Waals surface area (Å²) in [6.45, 7) is 3.41. The van der Waals surface area contributed by atoms with E-state index in [1.165, 1.54) is 31.1 Å². The molecule has 0 aliphatic carbocycles. The lowest BCUT2D eigenvalue weighted by Gasteiger charge is -2.26. The normalized spacial score (nSPS) is 16.7. The first-order valence-electron chi connectivity index (χ1n) is 11.5. The predicted octanol–water partition coefficient (Wildman–Crippen LogP) is 6.15. The van der Waals surface area contributed by atoms with Crippen molar-refractivity contribution in [2.75, 3.05) is 17.3 Å². The van der Waals surface area contributed by atoms with Crippen LogP contribution in [-0.2, 0) is 20.8 Å². The minimum Gasteiger partial charge on any atom is -0.507 e. The molecule has 190 valence electrons. The van der Waals surface area contributed by atoms with Crippen LogP contribution in [-0.4, -0.2) is 29.8 Å². The lowest BCUT2D eigenvalue weighted by atomic mass is 9.94. The number of Topliss-reactive ketones (excluding diaryl/α,β-unsaturated/α-hetero) is 1. The SMILES string of the molecule is CCc1ccc(C2/C(=C(\O)c3cc(Cl)cc(Cl)c3OC)C(=O)C(=O)N2c2ccc(NC(C)=O)cc2)cc1. The summed E-state index contributed by atoms with van der Waals surface area (Å²) >= 11 is 12.5. The predicted molar refractivity (Wildman–Crippen MR) is 144 cm³/mol. The Balaban J connectivity index is 1.93. The van der Waals surface area contributed by atoms with Crippen molar-refractivity contribution in [2.24, 2.45) is 0 Å². The number of carbonyl (C=O) groups is 3. The van der Waals surface area contributed by atoms with Crippen LogP contribution in [0.5, 0.6) is 5.75 Å². The molecule has 1 saturated heterocycles. The van der Waals surface area contributed by atoms with E-state index >= 15 is 0 Å². The Morgan fingerprint density at radius 2 is 1.70 bits per heavy atom. The van der Waals surface area contributed by atoms with Gasteiger partial charge in [0.25, 0.3) is 11.7 Å². The number of amides is 2. The molecule has 9 heteroatoms. The van der Waals surface area contributed by atoms with E-state index in [2.05, 4.69) is 5.32 Å². The number of nitrogens with one attached hydrogen (secondary N) is 1. The van der Waals surface area contributed by atoms with Gasteiger partial charge in [0, 0.05) is 23.3 Å². The fourth-order valence-corrected chi connectivity index (χ4v) is 4.92. The van der Waals surface area contributed by atoms with Crippen molar-refractivity contribution in [3.8, 4) is 5.75 Å². The highest BCUT2D eigenvalue weighted by atomic mass is 35.5. The van der Waals surface area contributed by atoms with E-state index in [9.17, 15) is 19.5 Å². The van der Waals surface area contributed by atoms with Crippen molar-refractivity contribution < 1.29 is 24.2 Å². The number of rotatable bonds is 6. The number of anilines is 2. The average Bonchev–Trinajstić information content (AvgIpc) is 3.13. The highest BCUT2D eigenvalue weighted by molar-refractivity contribution is 6.52. The maximum absolute atomic E-state index is 13.4. The zero-order valence-electron chi connectivity index (χ0n) is 20.3. The van der Waals surface area contributed by atoms with Crippen molar-refractivity contribution in [3.63, 3.8) is 0 Å². The molecule has 7 nitrogen and oxygen atoms in total. The first-order valence-corrected chi connectivity index (χ1v) is 12.2. The number of carbonyl (C=O) groups excluding carboxylic acids is 3. The fourth-order valence-electron chi connectivity index (χ4n) is 4.35. The smallest absolute Gasteiger partial charge is 0.300 e. The van der Waals surface area contributed by atoms with Crippen LogP contribution in [0.3, 0.4) is 0 Å². The van der Waals surface area contributed by atoms with Gasteiger partial charge in [-0.05, 0) is 53.9 Å². The third-order valence-corrected chi connectivity index (χ3v) is 6.58. The third kappa shape index (κ3) is 5.05. The van der Waals surface area contributed by atoms with Crippen molar-refractivity contribution in [2.45, 2.75) is 26.3 Å². The summed E-state index contributed by atoms with van der Waals surface area (Å²) in [6, 6.07) is 15.9. The minimum atomic E-state index is -0.944. The van der Waals surface area contributed by atoms with Gasteiger partial charge in [0.05, 0.1) is 29.3 Å². The monoisotopic (exact) mass is 538 g/mol. The van der Waals surface area contributed by atoms with Crippen LogP contribution in [0.15, 0.2) is 66.2 Å². The lowest BCUT2D eigenvalue weighted by Crippen LogP contribution is -2.29. The molecule has 0 radical (unpaired) electrons. The molecule has 1 atom stereocenters. The number of aliphatic hydroxyl groups excluding tert-OH is 1. The molecule has 1 heterocycles. The molecular formula is C28H24Cl2N2O5. The summed E-state index contributed by atoms with van der Waals surface area (Å²) in [5.74, 6) is -2.26. The number of halogens is 2. The molecule has 0 aromatic heterocycles. The highest BCUT2D eigenvalue weighted by Crippen LogP contribution is 2.45. The summed E-state index contributed by atoms with van der Waals surface area (Å²) in [7, 11) is 1.38. The number of methoxy groups -OCH3 is 1. The Kier molecular flexibility index (Phi) is 7.57. The molecule has 37 heavy (non-hydrogen) atoms. The van der Waals surface area contributed by atoms with E-state index in [0.29, 0.717) is 16.9 Å². The Hall–Kier alpha value is -3.81. The lowest BCUT2D eigenvalue weighted by molar-refractivity contribution is -0.132. The molecule has 1 aliphatic heterocycles. The van der Waals surface area contributed by atoms with Gasteiger partial charge in [-0.3, -0.25) is 19.3 Å². The molecule has 1 fully saturated rings. The van der Waals surface area contributed by atoms with E-state index in [-0.39, 0.29) is 32.8 Å². The third-order valence-electron chi connectivity index (χ3n) is 6.08. The maximum Gasteiger partial charge on any atom is 0.300 e. The highest BCUT2D eigenvalue weighted by Gasteiger charge is 2.47. The Labute approximate surface area is 224 Å². The van der Waals surface area contributed by atoms with Gasteiger partial charge in [-0.1, -0.05) is 54.4 Å². The standard InChI is InChI=1S/C28H24Cl2N2O5/c1-4-16-5-7-17(8-6-16)24-23(25(34)21-13-18(29)14-22(30)27(21)37-3)26(35)28(36)32(24)20-11-9-19(10-12-20)31-15(2)33/h5-14,24,34H,4H2,1-3H3,(H,31,33)/b25-23+. The number of hydrogen-bond donors (Lipinski definition) is 2. The van der Waals surface area contributed by atoms with Crippen LogP contribution < -0.4 is 15.0 Å². The molecule has 0 spiro atoms. The van der Waals surface area contributed by atoms with Gasteiger partial charge < -0.3 is 15.2 Å². The largest absolute Gasteiger partial charge is 0.507 e. The van der Waals surface area contributed by atoms with E-state index in [1.807, 2.05) is 31.2 Å². The summed E-state index contributed by atoms with van der Waals surface area (Å²) < 4.78 is 5.37. The molecule has 3 aromatic rings. The number of hydrogen-bond acceptors (Lipinski definition) is 5. The second kappa shape index (κ2) is 10.7. The number of nitrogens with zero attached hydrogens (tertiary/aromatic N) is 1. The summed E-state index contributed by atoms with van der Waals surface area (Å²) in [4.78, 5) is 39.5. The van der Waals surface area contributed by atoms with Crippen molar-refractivity contribution in [3.05, 3.63) is 93.0 Å². The van der Waals surface area contributed by atoms with Gasteiger partial charge in [0.2, 0.25) is 5.91 Å². The number of aryl methyl sites for hydroxylation is 1. The quantitative estimate of drug-likeness (QED) is 0.223. The zero-order chi connectivity index (χ0) is 26.9. The number of ketones is 1. The van der Waals surface area contributed by atoms with E-state index in [4.69, 9.17) is 27.9 Å². The van der Waals surface area contributed by atoms with Gasteiger partial charge >= 0.3 is 0 Å². The molecule has 3 aromatic carbocycles. The molecule has 2 amide bonds. The van der Waals surface area contributed by atoms with Gasteiger partial charge in [-0.2, -0.15) is 0 Å². The first kappa shape index (κ1) is 26.3. The van der Waals surface area contributed by atoms with Crippen LogP contribution in [0.2, 0.25) is 10.0 Å². The number of ether oxygens (including phenoxy) is 1. The Bertz CT molecular complexity index is 1420. The van der Waals surface area contributed by atoms with Crippen molar-refractivity contribution >= 4 is 57.9 Å². The molecular weight excluding hydrogens is 515 g/mol. The average molecular weight is 539 g/mol. The first-order chi connectivity index (χ1) is 17.7. The van der Waals surface area contributed by atoms with Crippen LogP contribution in [0, 0.1) is 0 Å². The Morgan fingerprint density at radius 3 is 2.27 bits per heavy atom. The summed E-state index contributed by atoms with van der Waals surface area (Å²) in [6.07, 6.45) is 0.809. The summed E-state index contributed by atoms with van der Waals surface area (Å²) in [5, 5.41) is 14.5. The topological polar surface area (TPSA) is 95.9 Å². The zero-order valence-corrected chi connectivity index (χ0v) is 21.9. The van der Waals surface area contributed by atoms with Crippen LogP contribution in [0.1, 0.15) is 36.6 Å².